The largest absolute Gasteiger partial charge is 0.277 e. The molecule has 0 unspecified atom stereocenters. The summed E-state index contributed by atoms with van der Waals surface area (Å²) >= 11 is 0. The van der Waals surface area contributed by atoms with Crippen LogP contribution in [0.25, 0.3) is 22.2 Å². The number of rotatable bonds is 1. The summed E-state index contributed by atoms with van der Waals surface area (Å²) in [5.74, 6) is 0. The summed E-state index contributed by atoms with van der Waals surface area (Å²) < 4.78 is 0. The lowest BCUT2D eigenvalue weighted by molar-refractivity contribution is 1.12. The zero-order chi connectivity index (χ0) is 11.0. The average molecular weight is 208 g/mol. The van der Waals surface area contributed by atoms with Crippen LogP contribution >= 0.6 is 0 Å². The monoisotopic (exact) mass is 208 g/mol. The van der Waals surface area contributed by atoms with Gasteiger partial charge in [0, 0.05) is 10.9 Å². The van der Waals surface area contributed by atoms with Gasteiger partial charge in [0.05, 0.1) is 5.52 Å². The van der Waals surface area contributed by atoms with E-state index in [0.717, 1.165) is 11.2 Å². The lowest BCUT2D eigenvalue weighted by atomic mass is 10.0. The Kier molecular flexibility index (Phi) is 2.00. The Morgan fingerprint density at radius 1 is 0.938 bits per heavy atom. The summed E-state index contributed by atoms with van der Waals surface area (Å²) in [5, 5.41) is 8.64. The molecule has 16 heavy (non-hydrogen) atoms. The third-order valence-electron chi connectivity index (χ3n) is 2.87. The molecule has 0 aliphatic rings. The number of nitrogens with zero attached hydrogens (tertiary/aromatic N) is 1. The first-order chi connectivity index (χ1) is 7.86. The van der Waals surface area contributed by atoms with Crippen LogP contribution in [0.15, 0.2) is 48.5 Å². The molecule has 78 valence electrons. The average Bonchev–Trinajstić information content (AvgIpc) is 2.74. The first-order valence-corrected chi connectivity index (χ1v) is 5.35. The SMILES string of the molecule is Cc1ccccc1-c1n[nH]c2ccccc12. The second-order valence-electron chi connectivity index (χ2n) is 3.93. The molecule has 0 aliphatic heterocycles. The lowest BCUT2D eigenvalue weighted by Crippen LogP contribution is -1.83. The van der Waals surface area contributed by atoms with E-state index in [4.69, 9.17) is 0 Å². The number of fused-ring (bicyclic) bond motifs is 1. The molecular weight excluding hydrogens is 196 g/mol. The number of para-hydroxylation sites is 1. The fraction of sp³-hybridized carbons (Fsp3) is 0.0714. The summed E-state index contributed by atoms with van der Waals surface area (Å²) in [7, 11) is 0. The molecule has 0 atom stereocenters. The van der Waals surface area contributed by atoms with Crippen LogP contribution in [0.1, 0.15) is 5.56 Å². The molecule has 0 aliphatic carbocycles. The smallest absolute Gasteiger partial charge is 0.100 e. The molecule has 0 saturated heterocycles. The molecule has 1 aromatic heterocycles. The van der Waals surface area contributed by atoms with Crippen molar-refractivity contribution >= 4 is 10.9 Å². The molecule has 0 saturated carbocycles. The minimum atomic E-state index is 1.04. The molecule has 1 N–H and O–H groups in total. The van der Waals surface area contributed by atoms with E-state index in [1.807, 2.05) is 30.3 Å². The van der Waals surface area contributed by atoms with Crippen molar-refractivity contribution in [2.45, 2.75) is 6.92 Å². The molecule has 2 nitrogen and oxygen atoms in total. The van der Waals surface area contributed by atoms with Gasteiger partial charge < -0.3 is 0 Å². The molecule has 0 fully saturated rings. The molecule has 0 spiro atoms. The second kappa shape index (κ2) is 3.49. The van der Waals surface area contributed by atoms with Crippen LogP contribution in [0.5, 0.6) is 0 Å². The van der Waals surface area contributed by atoms with Gasteiger partial charge in [-0.25, -0.2) is 0 Å². The van der Waals surface area contributed by atoms with Crippen molar-refractivity contribution < 1.29 is 0 Å². The number of aromatic nitrogens is 2. The fourth-order valence-corrected chi connectivity index (χ4v) is 2.01. The Bertz CT molecular complexity index is 638. The predicted molar refractivity (Wildman–Crippen MR) is 66.3 cm³/mol. The number of hydrogen-bond acceptors (Lipinski definition) is 1. The molecule has 0 bridgehead atoms. The molecule has 0 amide bonds. The van der Waals surface area contributed by atoms with E-state index in [1.54, 1.807) is 0 Å². The van der Waals surface area contributed by atoms with Gasteiger partial charge in [-0.15, -0.1) is 0 Å². The van der Waals surface area contributed by atoms with Crippen LogP contribution in [-0.4, -0.2) is 10.2 Å². The van der Waals surface area contributed by atoms with Gasteiger partial charge in [-0.2, -0.15) is 5.10 Å². The van der Waals surface area contributed by atoms with E-state index in [2.05, 4.69) is 35.3 Å². The van der Waals surface area contributed by atoms with Crippen LogP contribution < -0.4 is 0 Å². The number of H-pyrrole nitrogens is 1. The van der Waals surface area contributed by atoms with Gasteiger partial charge in [0.2, 0.25) is 0 Å². The minimum absolute atomic E-state index is 1.04. The van der Waals surface area contributed by atoms with E-state index in [0.29, 0.717) is 0 Å². The van der Waals surface area contributed by atoms with Gasteiger partial charge in [-0.1, -0.05) is 42.5 Å². The third kappa shape index (κ3) is 1.31. The number of aromatic amines is 1. The molecule has 2 heteroatoms. The van der Waals surface area contributed by atoms with E-state index >= 15 is 0 Å². The van der Waals surface area contributed by atoms with E-state index < -0.39 is 0 Å². The van der Waals surface area contributed by atoms with Crippen LogP contribution in [0, 0.1) is 6.92 Å². The maximum absolute atomic E-state index is 4.40. The van der Waals surface area contributed by atoms with Gasteiger partial charge in [0.25, 0.3) is 0 Å². The summed E-state index contributed by atoms with van der Waals surface area (Å²) in [6, 6.07) is 16.5. The van der Waals surface area contributed by atoms with Crippen LogP contribution in [0.3, 0.4) is 0 Å². The molecule has 2 aromatic carbocycles. The van der Waals surface area contributed by atoms with Crippen molar-refractivity contribution in [3.05, 3.63) is 54.1 Å². The molecule has 0 radical (unpaired) electrons. The molecule has 3 rings (SSSR count). The van der Waals surface area contributed by atoms with E-state index in [9.17, 15) is 0 Å². The Hall–Kier alpha value is -2.09. The second-order valence-corrected chi connectivity index (χ2v) is 3.93. The number of aryl methyl sites for hydroxylation is 1. The van der Waals surface area contributed by atoms with Crippen LogP contribution in [0.4, 0.5) is 0 Å². The first kappa shape index (κ1) is 9.16. The van der Waals surface area contributed by atoms with Crippen molar-refractivity contribution in [2.75, 3.05) is 0 Å². The highest BCUT2D eigenvalue weighted by Crippen LogP contribution is 2.27. The van der Waals surface area contributed by atoms with Gasteiger partial charge in [0.1, 0.15) is 5.69 Å². The molecule has 3 aromatic rings. The zero-order valence-electron chi connectivity index (χ0n) is 9.07. The highest BCUT2D eigenvalue weighted by Gasteiger charge is 2.08. The van der Waals surface area contributed by atoms with Crippen molar-refractivity contribution in [1.82, 2.24) is 10.2 Å². The predicted octanol–water partition coefficient (Wildman–Crippen LogP) is 3.54. The number of nitrogens with one attached hydrogen (secondary N) is 1. The molecule has 1 heterocycles. The maximum atomic E-state index is 4.40. The van der Waals surface area contributed by atoms with Crippen molar-refractivity contribution in [3.8, 4) is 11.3 Å². The Balaban J connectivity index is 2.31. The highest BCUT2D eigenvalue weighted by atomic mass is 15.1. The zero-order valence-corrected chi connectivity index (χ0v) is 9.07. The fourth-order valence-electron chi connectivity index (χ4n) is 2.01. The van der Waals surface area contributed by atoms with Gasteiger partial charge in [-0.05, 0) is 18.6 Å². The van der Waals surface area contributed by atoms with Crippen molar-refractivity contribution in [2.24, 2.45) is 0 Å². The summed E-state index contributed by atoms with van der Waals surface area (Å²) in [5.41, 5.74) is 4.56. The normalized spacial score (nSPS) is 10.8. The van der Waals surface area contributed by atoms with Gasteiger partial charge >= 0.3 is 0 Å². The van der Waals surface area contributed by atoms with E-state index in [-0.39, 0.29) is 0 Å². The summed E-state index contributed by atoms with van der Waals surface area (Å²) in [6.07, 6.45) is 0. The van der Waals surface area contributed by atoms with Crippen molar-refractivity contribution in [3.63, 3.8) is 0 Å². The highest BCUT2D eigenvalue weighted by molar-refractivity contribution is 5.93. The standard InChI is InChI=1S/C14H12N2/c1-10-6-2-3-7-11(10)14-12-8-4-5-9-13(12)15-16-14/h2-9H,1H3,(H,15,16). The Labute approximate surface area is 93.9 Å². The van der Waals surface area contributed by atoms with E-state index in [1.165, 1.54) is 16.5 Å². The minimum Gasteiger partial charge on any atom is -0.277 e. The van der Waals surface area contributed by atoms with Crippen LogP contribution in [0.2, 0.25) is 0 Å². The first-order valence-electron chi connectivity index (χ1n) is 5.35. The van der Waals surface area contributed by atoms with Crippen LogP contribution in [-0.2, 0) is 0 Å². The third-order valence-corrected chi connectivity index (χ3v) is 2.87. The van der Waals surface area contributed by atoms with Gasteiger partial charge in [0.15, 0.2) is 0 Å². The molecular formula is C14H12N2. The Morgan fingerprint density at radius 2 is 1.69 bits per heavy atom. The number of hydrogen-bond donors (Lipinski definition) is 1. The Morgan fingerprint density at radius 3 is 2.56 bits per heavy atom. The van der Waals surface area contributed by atoms with Crippen molar-refractivity contribution in [1.29, 1.82) is 0 Å². The summed E-state index contributed by atoms with van der Waals surface area (Å²) in [4.78, 5) is 0. The van der Waals surface area contributed by atoms with Gasteiger partial charge in [-0.3, -0.25) is 5.10 Å². The maximum Gasteiger partial charge on any atom is 0.100 e. The number of benzene rings is 2. The quantitative estimate of drug-likeness (QED) is 0.651. The lowest BCUT2D eigenvalue weighted by Gasteiger charge is -2.01. The topological polar surface area (TPSA) is 28.7 Å². The summed E-state index contributed by atoms with van der Waals surface area (Å²) in [6.45, 7) is 2.11.